The first kappa shape index (κ1) is 17.9. The Kier molecular flexibility index (Phi) is 5.72. The van der Waals surface area contributed by atoms with Crippen molar-refractivity contribution in [1.82, 2.24) is 0 Å². The molecule has 4 unspecified atom stereocenters. The second-order valence-electron chi connectivity index (χ2n) is 5.51. The molecule has 0 radical (unpaired) electrons. The van der Waals surface area contributed by atoms with Crippen LogP contribution in [0.15, 0.2) is 0 Å². The van der Waals surface area contributed by atoms with Gasteiger partial charge in [0.05, 0.1) is 12.7 Å². The number of rotatable bonds is 3. The normalized spacial score (nSPS) is 53.5. The monoisotopic (exact) mass is 326 g/mol. The Balaban J connectivity index is 2.10. The fraction of sp³-hybridized carbons (Fsp3) is 1.00. The van der Waals surface area contributed by atoms with Crippen LogP contribution in [0.3, 0.4) is 0 Å². The molecule has 0 amide bonds. The van der Waals surface area contributed by atoms with Crippen molar-refractivity contribution in [2.24, 2.45) is 0 Å². The maximum atomic E-state index is 9.99. The largest absolute Gasteiger partial charge is 0.394 e. The molecule has 22 heavy (non-hydrogen) atoms. The molecular formula is C12H22O10. The fourth-order valence-electron chi connectivity index (χ4n) is 2.51. The average Bonchev–Trinajstić information content (AvgIpc) is 2.50. The second-order valence-corrected chi connectivity index (χ2v) is 5.51. The number of hydrogen-bond acceptors (Lipinski definition) is 10. The lowest BCUT2D eigenvalue weighted by Crippen LogP contribution is -2.63. The third-order valence-corrected chi connectivity index (χ3v) is 3.94. The molecule has 0 aromatic carbocycles. The van der Waals surface area contributed by atoms with Gasteiger partial charge in [-0.05, 0) is 6.92 Å². The molecule has 10 heteroatoms. The van der Waals surface area contributed by atoms with E-state index in [0.717, 1.165) is 0 Å². The van der Waals surface area contributed by atoms with E-state index in [1.807, 2.05) is 0 Å². The molecule has 0 bridgehead atoms. The zero-order chi connectivity index (χ0) is 16.6. The summed E-state index contributed by atoms with van der Waals surface area (Å²) in [5.41, 5.74) is 0. The quantitative estimate of drug-likeness (QED) is 0.269. The van der Waals surface area contributed by atoms with Crippen LogP contribution in [0.25, 0.3) is 0 Å². The molecule has 7 N–H and O–H groups in total. The topological polar surface area (TPSA) is 169 Å². The molecule has 0 spiro atoms. The number of ether oxygens (including phenoxy) is 3. The van der Waals surface area contributed by atoms with Gasteiger partial charge in [-0.15, -0.1) is 0 Å². The predicted octanol–water partition coefficient (Wildman–Crippen LogP) is -4.37. The lowest BCUT2D eigenvalue weighted by molar-refractivity contribution is -0.352. The van der Waals surface area contributed by atoms with Crippen molar-refractivity contribution < 1.29 is 50.0 Å². The van der Waals surface area contributed by atoms with Gasteiger partial charge in [0, 0.05) is 0 Å². The van der Waals surface area contributed by atoms with E-state index in [0.29, 0.717) is 0 Å². The van der Waals surface area contributed by atoms with E-state index in [1.165, 1.54) is 6.92 Å². The first-order chi connectivity index (χ1) is 10.3. The molecule has 0 aromatic heterocycles. The van der Waals surface area contributed by atoms with Crippen molar-refractivity contribution >= 4 is 0 Å². The third kappa shape index (κ3) is 3.26. The van der Waals surface area contributed by atoms with E-state index in [1.54, 1.807) is 0 Å². The molecule has 10 atom stereocenters. The highest BCUT2D eigenvalue weighted by Crippen LogP contribution is 2.28. The summed E-state index contributed by atoms with van der Waals surface area (Å²) in [6.07, 6.45) is -14.3. The van der Waals surface area contributed by atoms with Gasteiger partial charge < -0.3 is 50.0 Å². The zero-order valence-corrected chi connectivity index (χ0v) is 11.8. The zero-order valence-electron chi connectivity index (χ0n) is 11.8. The first-order valence-corrected chi connectivity index (χ1v) is 6.93. The van der Waals surface area contributed by atoms with E-state index in [9.17, 15) is 30.6 Å². The molecule has 0 aliphatic carbocycles. The van der Waals surface area contributed by atoms with Crippen molar-refractivity contribution in [2.45, 2.75) is 68.3 Å². The smallest absolute Gasteiger partial charge is 0.187 e. The Labute approximate surface area is 126 Å². The van der Waals surface area contributed by atoms with Gasteiger partial charge in [-0.1, -0.05) is 0 Å². The maximum Gasteiger partial charge on any atom is 0.187 e. The van der Waals surface area contributed by atoms with Crippen LogP contribution in [0.5, 0.6) is 0 Å². The summed E-state index contributed by atoms with van der Waals surface area (Å²) in [5.74, 6) is 0. The van der Waals surface area contributed by atoms with Crippen LogP contribution in [0.2, 0.25) is 0 Å². The Bertz CT molecular complexity index is 368. The second kappa shape index (κ2) is 7.01. The highest BCUT2D eigenvalue weighted by atomic mass is 16.7. The molecule has 2 aliphatic rings. The predicted molar refractivity (Wildman–Crippen MR) is 67.2 cm³/mol. The highest BCUT2D eigenvalue weighted by molar-refractivity contribution is 4.93. The van der Waals surface area contributed by atoms with Crippen LogP contribution >= 0.6 is 0 Å². The summed E-state index contributed by atoms with van der Waals surface area (Å²) in [4.78, 5) is 0. The Morgan fingerprint density at radius 2 is 1.45 bits per heavy atom. The molecule has 2 heterocycles. The molecular weight excluding hydrogens is 304 g/mol. The minimum Gasteiger partial charge on any atom is -0.394 e. The Morgan fingerprint density at radius 3 is 2.05 bits per heavy atom. The molecule has 0 aromatic rings. The van der Waals surface area contributed by atoms with E-state index >= 15 is 0 Å². The van der Waals surface area contributed by atoms with Crippen LogP contribution in [0, 0.1) is 0 Å². The maximum absolute atomic E-state index is 9.99. The Morgan fingerprint density at radius 1 is 0.818 bits per heavy atom. The van der Waals surface area contributed by atoms with Crippen molar-refractivity contribution in [1.29, 1.82) is 0 Å². The lowest BCUT2D eigenvalue weighted by atomic mass is 9.97. The van der Waals surface area contributed by atoms with Crippen molar-refractivity contribution in [3.63, 3.8) is 0 Å². The van der Waals surface area contributed by atoms with Crippen molar-refractivity contribution in [3.05, 3.63) is 0 Å². The van der Waals surface area contributed by atoms with E-state index in [-0.39, 0.29) is 0 Å². The van der Waals surface area contributed by atoms with Crippen molar-refractivity contribution in [3.8, 4) is 0 Å². The molecule has 0 saturated carbocycles. The molecule has 2 fully saturated rings. The van der Waals surface area contributed by atoms with Gasteiger partial charge in [0.15, 0.2) is 12.6 Å². The standard InChI is InChI=1S/C12H22O10/c1-3-5(14)7(16)8(17)12(20-3)22-10-6(15)4(2-13)21-11(19)9(10)18/h3-19H,2H2,1H3/t3?,4?,5-,6+,7?,8-,9-,10?,11+,12-/m0/s1. The minimum atomic E-state index is -1.71. The summed E-state index contributed by atoms with van der Waals surface area (Å²) in [5, 5.41) is 67.6. The SMILES string of the molecule is CC1O[C@@H](OC2[C@H](O)C(CO)O[C@@H](O)[C@H]2O)[C@@H](O)C(O)[C@H]1O. The molecule has 2 aliphatic heterocycles. The number of hydrogen-bond donors (Lipinski definition) is 7. The van der Waals surface area contributed by atoms with Gasteiger partial charge in [0.2, 0.25) is 0 Å². The van der Waals surface area contributed by atoms with E-state index < -0.39 is 68.0 Å². The summed E-state index contributed by atoms with van der Waals surface area (Å²) in [6, 6.07) is 0. The summed E-state index contributed by atoms with van der Waals surface area (Å²) in [6.45, 7) is 0.814. The first-order valence-electron chi connectivity index (χ1n) is 6.93. The van der Waals surface area contributed by atoms with Crippen LogP contribution in [0.4, 0.5) is 0 Å². The third-order valence-electron chi connectivity index (χ3n) is 3.94. The summed E-state index contributed by atoms with van der Waals surface area (Å²) < 4.78 is 15.3. The molecule has 130 valence electrons. The van der Waals surface area contributed by atoms with Gasteiger partial charge in [0.25, 0.3) is 0 Å². The van der Waals surface area contributed by atoms with Crippen LogP contribution in [-0.4, -0.2) is 104 Å². The van der Waals surface area contributed by atoms with Crippen LogP contribution in [0.1, 0.15) is 6.92 Å². The van der Waals surface area contributed by atoms with E-state index in [4.69, 9.17) is 19.3 Å². The number of aliphatic hydroxyl groups excluding tert-OH is 7. The Hall–Kier alpha value is -0.400. The van der Waals surface area contributed by atoms with Gasteiger partial charge in [-0.3, -0.25) is 0 Å². The molecule has 10 nitrogen and oxygen atoms in total. The highest BCUT2D eigenvalue weighted by Gasteiger charge is 2.49. The summed E-state index contributed by atoms with van der Waals surface area (Å²) in [7, 11) is 0. The summed E-state index contributed by atoms with van der Waals surface area (Å²) >= 11 is 0. The van der Waals surface area contributed by atoms with Gasteiger partial charge in [0.1, 0.15) is 42.7 Å². The molecule has 2 rings (SSSR count). The van der Waals surface area contributed by atoms with Crippen LogP contribution < -0.4 is 0 Å². The van der Waals surface area contributed by atoms with Gasteiger partial charge in [-0.25, -0.2) is 0 Å². The average molecular weight is 326 g/mol. The van der Waals surface area contributed by atoms with Gasteiger partial charge >= 0.3 is 0 Å². The number of aliphatic hydroxyl groups is 7. The van der Waals surface area contributed by atoms with Crippen molar-refractivity contribution in [2.75, 3.05) is 6.61 Å². The fourth-order valence-corrected chi connectivity index (χ4v) is 2.51. The van der Waals surface area contributed by atoms with E-state index in [2.05, 4.69) is 0 Å². The van der Waals surface area contributed by atoms with Crippen LogP contribution in [-0.2, 0) is 14.2 Å². The minimum absolute atomic E-state index is 0.628. The van der Waals surface area contributed by atoms with Gasteiger partial charge in [-0.2, -0.15) is 0 Å². The lowest BCUT2D eigenvalue weighted by Gasteiger charge is -2.44. The molecule has 2 saturated heterocycles.